The van der Waals surface area contributed by atoms with Gasteiger partial charge in [0.15, 0.2) is 5.96 Å². The molecule has 0 aliphatic heterocycles. The Morgan fingerprint density at radius 3 is 2.80 bits per heavy atom. The van der Waals surface area contributed by atoms with Crippen LogP contribution in [0.5, 0.6) is 0 Å². The first-order valence-electron chi connectivity index (χ1n) is 7.48. The number of benzene rings is 1. The third-order valence-electron chi connectivity index (χ3n) is 4.64. The molecule has 3 rings (SSSR count). The van der Waals surface area contributed by atoms with Gasteiger partial charge in [-0.25, -0.2) is 0 Å². The first-order valence-corrected chi connectivity index (χ1v) is 8.27. The first-order chi connectivity index (χ1) is 9.68. The highest BCUT2D eigenvalue weighted by atomic mass is 79.9. The van der Waals surface area contributed by atoms with E-state index in [1.807, 2.05) is 0 Å². The third kappa shape index (κ3) is 3.17. The minimum Gasteiger partial charge on any atom is -0.370 e. The maximum atomic E-state index is 5.97. The molecule has 0 unspecified atom stereocenters. The molecule has 2 aliphatic carbocycles. The Morgan fingerprint density at radius 1 is 1.40 bits per heavy atom. The second-order valence-corrected chi connectivity index (χ2v) is 7.09. The van der Waals surface area contributed by atoms with E-state index in [-0.39, 0.29) is 5.41 Å². The summed E-state index contributed by atoms with van der Waals surface area (Å²) in [6, 6.07) is 8.57. The van der Waals surface area contributed by atoms with Crippen LogP contribution in [0.3, 0.4) is 0 Å². The summed E-state index contributed by atoms with van der Waals surface area (Å²) in [6.07, 6.45) is 6.46. The minimum absolute atomic E-state index is 0.229. The van der Waals surface area contributed by atoms with Crippen molar-refractivity contribution in [1.82, 2.24) is 5.32 Å². The fourth-order valence-electron chi connectivity index (χ4n) is 2.75. The van der Waals surface area contributed by atoms with Crippen molar-refractivity contribution in [3.63, 3.8) is 0 Å². The molecule has 2 saturated carbocycles. The number of halogens is 1. The lowest BCUT2D eigenvalue weighted by atomic mass is 9.85. The molecule has 2 fully saturated rings. The number of nitrogens with one attached hydrogen (secondary N) is 1. The molecule has 1 aromatic rings. The van der Waals surface area contributed by atoms with Crippen molar-refractivity contribution >= 4 is 21.9 Å². The highest BCUT2D eigenvalue weighted by Crippen LogP contribution is 2.48. The van der Waals surface area contributed by atoms with E-state index >= 15 is 0 Å². The molecule has 3 nitrogen and oxygen atoms in total. The summed E-state index contributed by atoms with van der Waals surface area (Å²) >= 11 is 3.54. The van der Waals surface area contributed by atoms with E-state index in [0.29, 0.717) is 5.96 Å². The Bertz CT molecular complexity index is 504. The van der Waals surface area contributed by atoms with E-state index in [4.69, 9.17) is 5.73 Å². The van der Waals surface area contributed by atoms with Gasteiger partial charge in [0.2, 0.25) is 0 Å². The van der Waals surface area contributed by atoms with Crippen LogP contribution in [0, 0.1) is 5.92 Å². The van der Waals surface area contributed by atoms with Gasteiger partial charge in [-0.15, -0.1) is 0 Å². The number of hydrogen-bond acceptors (Lipinski definition) is 1. The summed E-state index contributed by atoms with van der Waals surface area (Å²) in [6.45, 7) is 1.78. The van der Waals surface area contributed by atoms with Crippen LogP contribution in [-0.2, 0) is 5.41 Å². The Hall–Kier alpha value is -1.03. The molecule has 0 amide bonds. The number of hydrogen-bond donors (Lipinski definition) is 2. The lowest BCUT2D eigenvalue weighted by molar-refractivity contribution is 0.315. The number of aliphatic imine (C=N–C) groups is 1. The molecule has 20 heavy (non-hydrogen) atoms. The maximum Gasteiger partial charge on any atom is 0.188 e. The summed E-state index contributed by atoms with van der Waals surface area (Å²) in [7, 11) is 0. The minimum atomic E-state index is 0.229. The van der Waals surface area contributed by atoms with Gasteiger partial charge in [-0.3, -0.25) is 4.99 Å². The molecule has 0 atom stereocenters. The predicted octanol–water partition coefficient (Wildman–Crippen LogP) is 3.19. The number of nitrogens with two attached hydrogens (primary N) is 1. The van der Waals surface area contributed by atoms with E-state index in [9.17, 15) is 0 Å². The quantitative estimate of drug-likeness (QED) is 0.641. The van der Waals surface area contributed by atoms with Crippen molar-refractivity contribution in [2.75, 3.05) is 13.1 Å². The predicted molar refractivity (Wildman–Crippen MR) is 86.9 cm³/mol. The molecule has 0 heterocycles. The fourth-order valence-corrected chi connectivity index (χ4v) is 3.14. The van der Waals surface area contributed by atoms with Crippen LogP contribution in [0.2, 0.25) is 0 Å². The lowest BCUT2D eigenvalue weighted by Crippen LogP contribution is -2.37. The van der Waals surface area contributed by atoms with E-state index in [1.165, 1.54) is 37.7 Å². The van der Waals surface area contributed by atoms with Gasteiger partial charge in [-0.05, 0) is 49.3 Å². The molecule has 108 valence electrons. The summed E-state index contributed by atoms with van der Waals surface area (Å²) in [5.41, 5.74) is 7.58. The van der Waals surface area contributed by atoms with Gasteiger partial charge in [0.25, 0.3) is 0 Å². The zero-order valence-electron chi connectivity index (χ0n) is 11.7. The van der Waals surface area contributed by atoms with Crippen molar-refractivity contribution in [3.05, 3.63) is 34.3 Å². The van der Waals surface area contributed by atoms with E-state index in [0.717, 1.165) is 23.5 Å². The van der Waals surface area contributed by atoms with Crippen LogP contribution < -0.4 is 11.1 Å². The maximum absolute atomic E-state index is 5.97. The summed E-state index contributed by atoms with van der Waals surface area (Å²) in [5, 5.41) is 3.27. The highest BCUT2D eigenvalue weighted by Gasteiger charge is 2.44. The van der Waals surface area contributed by atoms with E-state index in [1.54, 1.807) is 0 Å². The molecule has 0 aromatic heterocycles. The average Bonchev–Trinajstić information content (AvgIpc) is 3.16. The molecule has 2 aliphatic rings. The topological polar surface area (TPSA) is 50.4 Å². The zero-order valence-corrected chi connectivity index (χ0v) is 13.3. The van der Waals surface area contributed by atoms with Crippen LogP contribution in [0.25, 0.3) is 0 Å². The number of guanidine groups is 1. The van der Waals surface area contributed by atoms with Gasteiger partial charge in [0, 0.05) is 16.4 Å². The second-order valence-electron chi connectivity index (χ2n) is 6.17. The SMILES string of the molecule is NC(=NCC1(c2cccc(Br)c2)CC1)NCC1CCC1. The lowest BCUT2D eigenvalue weighted by Gasteiger charge is -2.25. The van der Waals surface area contributed by atoms with Crippen LogP contribution >= 0.6 is 15.9 Å². The molecular weight excluding hydrogens is 314 g/mol. The van der Waals surface area contributed by atoms with Gasteiger partial charge in [-0.2, -0.15) is 0 Å². The molecular formula is C16H22BrN3. The average molecular weight is 336 g/mol. The largest absolute Gasteiger partial charge is 0.370 e. The van der Waals surface area contributed by atoms with Crippen LogP contribution in [0.4, 0.5) is 0 Å². The molecule has 0 bridgehead atoms. The van der Waals surface area contributed by atoms with Crippen molar-refractivity contribution in [2.45, 2.75) is 37.5 Å². The number of rotatable bonds is 5. The fraction of sp³-hybridized carbons (Fsp3) is 0.562. The summed E-state index contributed by atoms with van der Waals surface area (Å²) in [4.78, 5) is 4.56. The third-order valence-corrected chi connectivity index (χ3v) is 5.13. The van der Waals surface area contributed by atoms with Gasteiger partial charge in [-0.1, -0.05) is 34.5 Å². The normalized spacial score (nSPS) is 21.4. The second kappa shape index (κ2) is 5.76. The molecule has 3 N–H and O–H groups in total. The first kappa shape index (κ1) is 13.9. The zero-order chi connectivity index (χ0) is 14.0. The van der Waals surface area contributed by atoms with Gasteiger partial charge < -0.3 is 11.1 Å². The van der Waals surface area contributed by atoms with Crippen molar-refractivity contribution in [3.8, 4) is 0 Å². The molecule has 0 radical (unpaired) electrons. The van der Waals surface area contributed by atoms with E-state index < -0.39 is 0 Å². The highest BCUT2D eigenvalue weighted by molar-refractivity contribution is 9.10. The van der Waals surface area contributed by atoms with E-state index in [2.05, 4.69) is 50.5 Å². The van der Waals surface area contributed by atoms with Gasteiger partial charge in [0.1, 0.15) is 0 Å². The van der Waals surface area contributed by atoms with Crippen LogP contribution in [-0.4, -0.2) is 19.0 Å². The molecule has 0 spiro atoms. The van der Waals surface area contributed by atoms with Crippen molar-refractivity contribution in [2.24, 2.45) is 16.6 Å². The Balaban J connectivity index is 1.56. The smallest absolute Gasteiger partial charge is 0.188 e. The van der Waals surface area contributed by atoms with Crippen molar-refractivity contribution < 1.29 is 0 Å². The molecule has 4 heteroatoms. The van der Waals surface area contributed by atoms with Gasteiger partial charge in [0.05, 0.1) is 6.54 Å². The van der Waals surface area contributed by atoms with Gasteiger partial charge >= 0.3 is 0 Å². The Labute approximate surface area is 129 Å². The Morgan fingerprint density at radius 2 is 2.20 bits per heavy atom. The molecule has 1 aromatic carbocycles. The summed E-state index contributed by atoms with van der Waals surface area (Å²) in [5.74, 6) is 1.42. The van der Waals surface area contributed by atoms with Crippen LogP contribution in [0.15, 0.2) is 33.7 Å². The molecule has 0 saturated heterocycles. The Kier molecular flexibility index (Phi) is 4.01. The van der Waals surface area contributed by atoms with Crippen LogP contribution in [0.1, 0.15) is 37.7 Å². The standard InChI is InChI=1S/C16H22BrN3/c17-14-6-2-5-13(9-14)16(7-8-16)11-20-15(18)19-10-12-3-1-4-12/h2,5-6,9,12H,1,3-4,7-8,10-11H2,(H3,18,19,20). The monoisotopic (exact) mass is 335 g/mol. The van der Waals surface area contributed by atoms with Crippen molar-refractivity contribution in [1.29, 1.82) is 0 Å². The summed E-state index contributed by atoms with van der Waals surface area (Å²) < 4.78 is 1.14. The number of nitrogens with zero attached hydrogens (tertiary/aromatic N) is 1.